The number of aliphatic hydroxyl groups is 1. The van der Waals surface area contributed by atoms with Gasteiger partial charge in [-0.2, -0.15) is 4.31 Å². The molecule has 2 aromatic rings. The SMILES string of the molecule is CC(C)C#Cc1ccc2c(c1)O[C@@H](CN(C)Cc1ccccc1)[C@@H](C)CN([C@@H](C)CO)S2(=O)=O. The molecular weight excluding hydrogens is 448 g/mol. The Balaban J connectivity index is 1.99. The van der Waals surface area contributed by atoms with E-state index in [2.05, 4.69) is 28.9 Å². The van der Waals surface area contributed by atoms with Crippen LogP contribution in [-0.2, 0) is 16.6 Å². The smallest absolute Gasteiger partial charge is 0.247 e. The first-order valence-corrected chi connectivity index (χ1v) is 13.2. The highest BCUT2D eigenvalue weighted by molar-refractivity contribution is 7.89. The lowest BCUT2D eigenvalue weighted by atomic mass is 10.0. The van der Waals surface area contributed by atoms with Crippen LogP contribution in [0.2, 0.25) is 0 Å². The van der Waals surface area contributed by atoms with Crippen LogP contribution in [-0.4, -0.2) is 61.6 Å². The Morgan fingerprint density at radius 1 is 1.18 bits per heavy atom. The highest BCUT2D eigenvalue weighted by Crippen LogP contribution is 2.34. The minimum absolute atomic E-state index is 0.0967. The van der Waals surface area contributed by atoms with Gasteiger partial charge in [-0.05, 0) is 37.7 Å². The van der Waals surface area contributed by atoms with Gasteiger partial charge < -0.3 is 9.84 Å². The molecule has 184 valence electrons. The van der Waals surface area contributed by atoms with E-state index in [0.717, 1.165) is 6.54 Å². The number of sulfonamides is 1. The van der Waals surface area contributed by atoms with Gasteiger partial charge in [-0.25, -0.2) is 8.42 Å². The molecule has 1 heterocycles. The first-order chi connectivity index (χ1) is 16.1. The number of hydrogen-bond acceptors (Lipinski definition) is 5. The van der Waals surface area contributed by atoms with Crippen molar-refractivity contribution in [1.82, 2.24) is 9.21 Å². The topological polar surface area (TPSA) is 70.1 Å². The van der Waals surface area contributed by atoms with E-state index in [1.54, 1.807) is 25.1 Å². The van der Waals surface area contributed by atoms with Crippen molar-refractivity contribution in [3.05, 3.63) is 59.7 Å². The number of hydrogen-bond donors (Lipinski definition) is 1. The predicted octanol–water partition coefficient (Wildman–Crippen LogP) is 3.59. The van der Waals surface area contributed by atoms with Crippen LogP contribution in [0, 0.1) is 23.7 Å². The van der Waals surface area contributed by atoms with E-state index in [9.17, 15) is 13.5 Å². The van der Waals surface area contributed by atoms with Crippen molar-refractivity contribution >= 4 is 10.0 Å². The molecule has 0 amide bonds. The summed E-state index contributed by atoms with van der Waals surface area (Å²) in [6, 6.07) is 14.7. The Hall–Kier alpha value is -2.37. The summed E-state index contributed by atoms with van der Waals surface area (Å²) in [5, 5.41) is 9.79. The van der Waals surface area contributed by atoms with Gasteiger partial charge in [0.15, 0.2) is 0 Å². The molecule has 34 heavy (non-hydrogen) atoms. The second-order valence-electron chi connectivity index (χ2n) is 9.51. The monoisotopic (exact) mass is 484 g/mol. The van der Waals surface area contributed by atoms with Crippen molar-refractivity contribution in [3.63, 3.8) is 0 Å². The van der Waals surface area contributed by atoms with E-state index in [-0.39, 0.29) is 36.0 Å². The molecule has 0 bridgehead atoms. The van der Waals surface area contributed by atoms with Gasteiger partial charge in [-0.1, -0.05) is 62.9 Å². The third-order valence-electron chi connectivity index (χ3n) is 5.96. The van der Waals surface area contributed by atoms with Gasteiger partial charge >= 0.3 is 0 Å². The number of fused-ring (bicyclic) bond motifs is 1. The highest BCUT2D eigenvalue weighted by Gasteiger charge is 2.38. The molecule has 7 heteroatoms. The van der Waals surface area contributed by atoms with Gasteiger partial charge in [0.1, 0.15) is 16.7 Å². The third-order valence-corrected chi connectivity index (χ3v) is 7.98. The van der Waals surface area contributed by atoms with E-state index in [1.807, 2.05) is 46.0 Å². The lowest BCUT2D eigenvalue weighted by Crippen LogP contribution is -2.49. The van der Waals surface area contributed by atoms with Crippen LogP contribution in [0.5, 0.6) is 5.75 Å². The molecule has 0 unspecified atom stereocenters. The Kier molecular flexibility index (Phi) is 8.78. The number of ether oxygens (including phenoxy) is 1. The van der Waals surface area contributed by atoms with E-state index in [4.69, 9.17) is 4.74 Å². The summed E-state index contributed by atoms with van der Waals surface area (Å²) < 4.78 is 34.9. The van der Waals surface area contributed by atoms with Crippen LogP contribution in [0.15, 0.2) is 53.4 Å². The normalized spacial score (nSPS) is 21.1. The van der Waals surface area contributed by atoms with Crippen molar-refractivity contribution < 1.29 is 18.3 Å². The summed E-state index contributed by atoms with van der Waals surface area (Å²) in [5.41, 5.74) is 1.92. The number of likely N-dealkylation sites (N-methyl/N-ethyl adjacent to an activating group) is 1. The summed E-state index contributed by atoms with van der Waals surface area (Å²) in [6.07, 6.45) is -0.246. The summed E-state index contributed by atoms with van der Waals surface area (Å²) >= 11 is 0. The number of rotatable bonds is 6. The Labute approximate surface area is 204 Å². The van der Waals surface area contributed by atoms with Crippen molar-refractivity contribution in [2.45, 2.75) is 51.3 Å². The van der Waals surface area contributed by atoms with Crippen molar-refractivity contribution in [2.75, 3.05) is 26.7 Å². The molecule has 1 aliphatic rings. The third kappa shape index (κ3) is 6.39. The summed E-state index contributed by atoms with van der Waals surface area (Å²) in [4.78, 5) is 2.31. The minimum Gasteiger partial charge on any atom is -0.487 e. The fourth-order valence-corrected chi connectivity index (χ4v) is 5.84. The average Bonchev–Trinajstić information content (AvgIpc) is 2.80. The standard InChI is InChI=1S/C27H36N2O4S/c1-20(2)11-12-23-13-14-27-25(15-23)33-26(18-28(5)17-24-9-7-6-8-10-24)21(3)16-29(22(4)19-30)34(27,31)32/h6-10,13-15,20-22,26,30H,16-19H2,1-5H3/t21-,22-,26-/m0/s1. The highest BCUT2D eigenvalue weighted by atomic mass is 32.2. The maximum Gasteiger partial charge on any atom is 0.247 e. The van der Waals surface area contributed by atoms with E-state index >= 15 is 0 Å². The Morgan fingerprint density at radius 2 is 1.88 bits per heavy atom. The fourth-order valence-electron chi connectivity index (χ4n) is 4.02. The second kappa shape index (κ2) is 11.4. The molecule has 0 aliphatic carbocycles. The summed E-state index contributed by atoms with van der Waals surface area (Å²) in [5.74, 6) is 6.66. The van der Waals surface area contributed by atoms with Gasteiger partial charge in [0.2, 0.25) is 10.0 Å². The average molecular weight is 485 g/mol. The molecular formula is C27H36N2O4S. The van der Waals surface area contributed by atoms with Crippen LogP contribution in [0.25, 0.3) is 0 Å². The van der Waals surface area contributed by atoms with Crippen molar-refractivity contribution in [2.24, 2.45) is 11.8 Å². The van der Waals surface area contributed by atoms with Crippen LogP contribution in [0.1, 0.15) is 38.8 Å². The molecule has 1 N–H and O–H groups in total. The van der Waals surface area contributed by atoms with Gasteiger partial charge in [0, 0.05) is 43.1 Å². The quantitative estimate of drug-likeness (QED) is 0.635. The molecule has 3 rings (SSSR count). The van der Waals surface area contributed by atoms with Crippen molar-refractivity contribution in [1.29, 1.82) is 0 Å². The van der Waals surface area contributed by atoms with Crippen molar-refractivity contribution in [3.8, 4) is 17.6 Å². The van der Waals surface area contributed by atoms with E-state index < -0.39 is 16.1 Å². The summed E-state index contributed by atoms with van der Waals surface area (Å²) in [7, 11) is -1.81. The Morgan fingerprint density at radius 3 is 2.53 bits per heavy atom. The van der Waals surface area contributed by atoms with Gasteiger partial charge in [0.05, 0.1) is 6.61 Å². The molecule has 1 aliphatic heterocycles. The van der Waals surface area contributed by atoms with Crippen LogP contribution in [0.3, 0.4) is 0 Å². The molecule has 0 aromatic heterocycles. The van der Waals surface area contributed by atoms with E-state index in [0.29, 0.717) is 17.9 Å². The molecule has 0 spiro atoms. The Bertz CT molecular complexity index is 1120. The minimum atomic E-state index is -3.85. The van der Waals surface area contributed by atoms with Crippen LogP contribution in [0.4, 0.5) is 0 Å². The van der Waals surface area contributed by atoms with Crippen LogP contribution >= 0.6 is 0 Å². The zero-order valence-electron chi connectivity index (χ0n) is 20.7. The van der Waals surface area contributed by atoms with Gasteiger partial charge in [-0.15, -0.1) is 0 Å². The lowest BCUT2D eigenvalue weighted by Gasteiger charge is -2.37. The number of nitrogens with zero attached hydrogens (tertiary/aromatic N) is 2. The second-order valence-corrected chi connectivity index (χ2v) is 11.4. The molecule has 0 radical (unpaired) electrons. The molecule has 0 saturated heterocycles. The maximum absolute atomic E-state index is 13.6. The zero-order valence-corrected chi connectivity index (χ0v) is 21.5. The first kappa shape index (κ1) is 26.2. The number of benzene rings is 2. The zero-order chi connectivity index (χ0) is 24.9. The first-order valence-electron chi connectivity index (χ1n) is 11.8. The summed E-state index contributed by atoms with van der Waals surface area (Å²) in [6.45, 7) is 9.15. The lowest BCUT2D eigenvalue weighted by molar-refractivity contribution is 0.0733. The molecule has 2 aromatic carbocycles. The van der Waals surface area contributed by atoms with E-state index in [1.165, 1.54) is 9.87 Å². The molecule has 0 saturated carbocycles. The maximum atomic E-state index is 13.6. The molecule has 3 atom stereocenters. The van der Waals surface area contributed by atoms with Gasteiger partial charge in [0.25, 0.3) is 0 Å². The van der Waals surface area contributed by atoms with Gasteiger partial charge in [-0.3, -0.25) is 4.90 Å². The van der Waals surface area contributed by atoms with Crippen LogP contribution < -0.4 is 4.74 Å². The molecule has 0 fully saturated rings. The largest absolute Gasteiger partial charge is 0.487 e. The fraction of sp³-hybridized carbons (Fsp3) is 0.481. The number of aliphatic hydroxyl groups excluding tert-OH is 1. The predicted molar refractivity (Wildman–Crippen MR) is 135 cm³/mol. The molecule has 6 nitrogen and oxygen atoms in total.